The topological polar surface area (TPSA) is 88.2 Å². The number of pyridine rings is 1. The second-order valence-corrected chi connectivity index (χ2v) is 8.71. The average Bonchev–Trinajstić information content (AvgIpc) is 2.90. The maximum absolute atomic E-state index is 12.4. The summed E-state index contributed by atoms with van der Waals surface area (Å²) in [4.78, 5) is 16.5. The Morgan fingerprint density at radius 3 is 2.72 bits per heavy atom. The zero-order valence-electron chi connectivity index (χ0n) is 14.2. The molecule has 2 aromatic rings. The minimum atomic E-state index is -3.02. The number of aryl methyl sites for hydroxylation is 2. The molecule has 3 rings (SSSR count). The Bertz CT molecular complexity index is 910. The molecule has 2 heterocycles. The smallest absolute Gasteiger partial charge is 0.253 e. The first-order valence-corrected chi connectivity index (χ1v) is 9.95. The maximum atomic E-state index is 12.4. The number of nitrogens with zero attached hydrogens (tertiary/aromatic N) is 1. The van der Waals surface area contributed by atoms with Crippen molar-refractivity contribution >= 4 is 27.1 Å². The minimum absolute atomic E-state index is 0.00654. The van der Waals surface area contributed by atoms with Crippen LogP contribution in [0.4, 0.5) is 11.4 Å². The van der Waals surface area contributed by atoms with E-state index in [0.717, 1.165) is 16.8 Å². The van der Waals surface area contributed by atoms with E-state index in [0.29, 0.717) is 17.7 Å². The third kappa shape index (κ3) is 4.36. The lowest BCUT2D eigenvalue weighted by atomic mass is 10.1. The molecule has 1 amide bonds. The van der Waals surface area contributed by atoms with Crippen molar-refractivity contribution in [2.45, 2.75) is 26.3 Å². The molecular weight excluding hydrogens is 338 g/mol. The molecule has 25 heavy (non-hydrogen) atoms. The van der Waals surface area contributed by atoms with Crippen molar-refractivity contribution < 1.29 is 13.2 Å². The lowest BCUT2D eigenvalue weighted by Crippen LogP contribution is -2.35. The highest BCUT2D eigenvalue weighted by molar-refractivity contribution is 7.91. The fourth-order valence-electron chi connectivity index (χ4n) is 2.84. The summed E-state index contributed by atoms with van der Waals surface area (Å²) in [5.74, 6) is -0.170. The Labute approximate surface area is 147 Å². The molecule has 0 radical (unpaired) electrons. The molecule has 1 aromatic heterocycles. The lowest BCUT2D eigenvalue weighted by Gasteiger charge is -2.13. The monoisotopic (exact) mass is 359 g/mol. The standard InChI is InChI=1S/C18H21N3O3S/c1-12-3-4-13(2)17(7-12)20-16-8-14(9-19-10-16)18(22)21-15-5-6-25(23,24)11-15/h3-4,7-10,15,20H,5-6,11H2,1-2H3,(H,21,22). The molecule has 0 bridgehead atoms. The van der Waals surface area contributed by atoms with Gasteiger partial charge in [-0.25, -0.2) is 8.42 Å². The van der Waals surface area contributed by atoms with E-state index in [-0.39, 0.29) is 23.5 Å². The van der Waals surface area contributed by atoms with Gasteiger partial charge in [0.15, 0.2) is 9.84 Å². The van der Waals surface area contributed by atoms with Gasteiger partial charge in [0.1, 0.15) is 0 Å². The predicted octanol–water partition coefficient (Wildman–Crippen LogP) is 2.36. The number of amides is 1. The van der Waals surface area contributed by atoms with Crippen molar-refractivity contribution in [2.75, 3.05) is 16.8 Å². The van der Waals surface area contributed by atoms with Crippen LogP contribution < -0.4 is 10.6 Å². The van der Waals surface area contributed by atoms with Gasteiger partial charge < -0.3 is 10.6 Å². The van der Waals surface area contributed by atoms with Gasteiger partial charge in [-0.15, -0.1) is 0 Å². The highest BCUT2D eigenvalue weighted by Crippen LogP contribution is 2.22. The van der Waals surface area contributed by atoms with E-state index >= 15 is 0 Å². The summed E-state index contributed by atoms with van der Waals surface area (Å²) in [7, 11) is -3.02. The number of anilines is 2. The molecule has 1 aromatic carbocycles. The Balaban J connectivity index is 1.73. The van der Waals surface area contributed by atoms with Crippen LogP contribution in [0.1, 0.15) is 27.9 Å². The number of sulfone groups is 1. The van der Waals surface area contributed by atoms with Crippen molar-refractivity contribution in [1.82, 2.24) is 10.3 Å². The first-order chi connectivity index (χ1) is 11.8. The Kier molecular flexibility index (Phi) is 4.76. The van der Waals surface area contributed by atoms with E-state index in [2.05, 4.69) is 15.6 Å². The van der Waals surface area contributed by atoms with Crippen LogP contribution in [0.25, 0.3) is 0 Å². The molecule has 7 heteroatoms. The number of benzene rings is 1. The molecule has 1 aliphatic rings. The van der Waals surface area contributed by atoms with Gasteiger partial charge in [-0.1, -0.05) is 12.1 Å². The Hall–Kier alpha value is -2.41. The van der Waals surface area contributed by atoms with E-state index in [4.69, 9.17) is 0 Å². The summed E-state index contributed by atoms with van der Waals surface area (Å²) < 4.78 is 23.0. The SMILES string of the molecule is Cc1ccc(C)c(Nc2cncc(C(=O)NC3CCS(=O)(=O)C3)c2)c1. The van der Waals surface area contributed by atoms with Crippen molar-refractivity contribution in [3.8, 4) is 0 Å². The number of hydrogen-bond donors (Lipinski definition) is 2. The Morgan fingerprint density at radius 2 is 2.00 bits per heavy atom. The van der Waals surface area contributed by atoms with Crippen molar-refractivity contribution in [3.05, 3.63) is 53.3 Å². The average molecular weight is 359 g/mol. The van der Waals surface area contributed by atoms with E-state index < -0.39 is 9.84 Å². The molecule has 1 unspecified atom stereocenters. The summed E-state index contributed by atoms with van der Waals surface area (Å²) >= 11 is 0. The highest BCUT2D eigenvalue weighted by atomic mass is 32.2. The predicted molar refractivity (Wildman–Crippen MR) is 98.0 cm³/mol. The zero-order chi connectivity index (χ0) is 18.0. The summed E-state index contributed by atoms with van der Waals surface area (Å²) in [5, 5.41) is 6.05. The largest absolute Gasteiger partial charge is 0.354 e. The molecule has 6 nitrogen and oxygen atoms in total. The van der Waals surface area contributed by atoms with Crippen LogP contribution in [0, 0.1) is 13.8 Å². The quantitative estimate of drug-likeness (QED) is 0.875. The van der Waals surface area contributed by atoms with Gasteiger partial charge in [0, 0.05) is 17.9 Å². The third-order valence-corrected chi connectivity index (χ3v) is 6.01. The fourth-order valence-corrected chi connectivity index (χ4v) is 4.51. The number of aromatic nitrogens is 1. The Morgan fingerprint density at radius 1 is 1.20 bits per heavy atom. The van der Waals surface area contributed by atoms with Gasteiger partial charge in [0.25, 0.3) is 5.91 Å². The number of rotatable bonds is 4. The first kappa shape index (κ1) is 17.4. The molecular formula is C18H21N3O3S. The molecule has 0 spiro atoms. The second-order valence-electron chi connectivity index (χ2n) is 6.48. The molecule has 0 saturated carbocycles. The minimum Gasteiger partial charge on any atom is -0.354 e. The third-order valence-electron chi connectivity index (χ3n) is 4.24. The van der Waals surface area contributed by atoms with Gasteiger partial charge in [0.05, 0.1) is 29.0 Å². The number of nitrogens with one attached hydrogen (secondary N) is 2. The summed E-state index contributed by atoms with van der Waals surface area (Å²) in [5.41, 5.74) is 4.30. The number of carbonyl (C=O) groups excluding carboxylic acids is 1. The van der Waals surface area contributed by atoms with E-state index in [1.807, 2.05) is 32.0 Å². The van der Waals surface area contributed by atoms with Crippen LogP contribution in [-0.2, 0) is 9.84 Å². The molecule has 1 saturated heterocycles. The van der Waals surface area contributed by atoms with Crippen molar-refractivity contribution in [1.29, 1.82) is 0 Å². The van der Waals surface area contributed by atoms with Gasteiger partial charge in [-0.2, -0.15) is 0 Å². The van der Waals surface area contributed by atoms with E-state index in [9.17, 15) is 13.2 Å². The van der Waals surface area contributed by atoms with Crippen molar-refractivity contribution in [3.63, 3.8) is 0 Å². The normalized spacial score (nSPS) is 18.7. The van der Waals surface area contributed by atoms with Gasteiger partial charge in [-0.05, 0) is 43.5 Å². The highest BCUT2D eigenvalue weighted by Gasteiger charge is 2.29. The van der Waals surface area contributed by atoms with Crippen LogP contribution in [0.5, 0.6) is 0 Å². The fraction of sp³-hybridized carbons (Fsp3) is 0.333. The first-order valence-electron chi connectivity index (χ1n) is 8.13. The maximum Gasteiger partial charge on any atom is 0.253 e. The summed E-state index contributed by atoms with van der Waals surface area (Å²) in [6.45, 7) is 4.02. The number of hydrogen-bond acceptors (Lipinski definition) is 5. The summed E-state index contributed by atoms with van der Waals surface area (Å²) in [6, 6.07) is 7.49. The van der Waals surface area contributed by atoms with Crippen molar-refractivity contribution in [2.24, 2.45) is 0 Å². The number of carbonyl (C=O) groups is 1. The molecule has 1 fully saturated rings. The van der Waals surface area contributed by atoms with Crippen LogP contribution in [-0.4, -0.2) is 36.9 Å². The van der Waals surface area contributed by atoms with Crippen LogP contribution in [0.15, 0.2) is 36.7 Å². The molecule has 132 valence electrons. The summed E-state index contributed by atoms with van der Waals surface area (Å²) in [6.07, 6.45) is 3.59. The van der Waals surface area contributed by atoms with Gasteiger partial charge >= 0.3 is 0 Å². The van der Waals surface area contributed by atoms with Crippen LogP contribution >= 0.6 is 0 Å². The molecule has 1 atom stereocenters. The van der Waals surface area contributed by atoms with Crippen LogP contribution in [0.2, 0.25) is 0 Å². The molecule has 2 N–H and O–H groups in total. The van der Waals surface area contributed by atoms with E-state index in [1.165, 1.54) is 6.20 Å². The zero-order valence-corrected chi connectivity index (χ0v) is 15.1. The second kappa shape index (κ2) is 6.84. The molecule has 0 aliphatic carbocycles. The molecule has 1 aliphatic heterocycles. The van der Waals surface area contributed by atoms with Crippen LogP contribution in [0.3, 0.4) is 0 Å². The van der Waals surface area contributed by atoms with Gasteiger partial charge in [-0.3, -0.25) is 9.78 Å². The van der Waals surface area contributed by atoms with E-state index in [1.54, 1.807) is 12.3 Å². The van der Waals surface area contributed by atoms with Gasteiger partial charge in [0.2, 0.25) is 0 Å². The lowest BCUT2D eigenvalue weighted by molar-refractivity contribution is 0.0941.